The van der Waals surface area contributed by atoms with Crippen LogP contribution in [0, 0.1) is 6.92 Å². The maximum Gasteiger partial charge on any atom is 0.181 e. The standard InChI is InChI=1S/C16H15N3O/c1-11-6-8-12(9-7-11)15-17-16(19-18-15)14-5-3-2-4-13(14)10-20/h2-9,20H,10H2,1H3,(H,17,18,19). The Balaban J connectivity index is 2.00. The fourth-order valence-corrected chi connectivity index (χ4v) is 2.10. The highest BCUT2D eigenvalue weighted by Gasteiger charge is 2.10. The molecule has 2 aromatic carbocycles. The molecule has 0 radical (unpaired) electrons. The number of nitrogens with one attached hydrogen (secondary N) is 1. The average Bonchev–Trinajstić information content (AvgIpc) is 2.97. The smallest absolute Gasteiger partial charge is 0.181 e. The molecule has 1 heterocycles. The van der Waals surface area contributed by atoms with E-state index < -0.39 is 0 Å². The normalized spacial score (nSPS) is 10.7. The third kappa shape index (κ3) is 2.33. The maximum atomic E-state index is 9.37. The summed E-state index contributed by atoms with van der Waals surface area (Å²) in [6.07, 6.45) is 0. The number of benzene rings is 2. The van der Waals surface area contributed by atoms with Gasteiger partial charge in [-0.05, 0) is 12.5 Å². The minimum absolute atomic E-state index is 0.0171. The van der Waals surface area contributed by atoms with E-state index in [0.717, 1.165) is 16.7 Å². The number of H-pyrrole nitrogens is 1. The Morgan fingerprint density at radius 3 is 2.55 bits per heavy atom. The Hall–Kier alpha value is -2.46. The number of aliphatic hydroxyl groups is 1. The summed E-state index contributed by atoms with van der Waals surface area (Å²) in [6, 6.07) is 15.7. The molecule has 3 rings (SSSR count). The van der Waals surface area contributed by atoms with Gasteiger partial charge >= 0.3 is 0 Å². The highest BCUT2D eigenvalue weighted by Crippen LogP contribution is 2.23. The van der Waals surface area contributed by atoms with Crippen LogP contribution in [0.2, 0.25) is 0 Å². The van der Waals surface area contributed by atoms with Crippen LogP contribution in [-0.4, -0.2) is 20.3 Å². The number of aromatic nitrogens is 3. The average molecular weight is 265 g/mol. The summed E-state index contributed by atoms with van der Waals surface area (Å²) in [7, 11) is 0. The predicted octanol–water partition coefficient (Wildman–Crippen LogP) is 2.94. The van der Waals surface area contributed by atoms with Crippen molar-refractivity contribution in [2.75, 3.05) is 0 Å². The molecule has 0 aliphatic heterocycles. The summed E-state index contributed by atoms with van der Waals surface area (Å²) in [6.45, 7) is 2.03. The molecule has 0 atom stereocenters. The van der Waals surface area contributed by atoms with Gasteiger partial charge < -0.3 is 5.11 Å². The van der Waals surface area contributed by atoms with E-state index in [1.807, 2.05) is 55.5 Å². The molecule has 0 saturated carbocycles. The lowest BCUT2D eigenvalue weighted by molar-refractivity contribution is 0.282. The number of aryl methyl sites for hydroxylation is 1. The van der Waals surface area contributed by atoms with Crippen molar-refractivity contribution in [2.45, 2.75) is 13.5 Å². The first-order valence-electron chi connectivity index (χ1n) is 6.46. The number of hydrogen-bond donors (Lipinski definition) is 2. The van der Waals surface area contributed by atoms with Gasteiger partial charge in [-0.1, -0.05) is 54.1 Å². The molecule has 100 valence electrons. The number of hydrogen-bond acceptors (Lipinski definition) is 3. The molecule has 4 nitrogen and oxygen atoms in total. The highest BCUT2D eigenvalue weighted by molar-refractivity contribution is 5.63. The Morgan fingerprint density at radius 2 is 1.80 bits per heavy atom. The summed E-state index contributed by atoms with van der Waals surface area (Å²) in [5.74, 6) is 1.33. The fraction of sp³-hybridized carbons (Fsp3) is 0.125. The molecule has 0 saturated heterocycles. The zero-order valence-corrected chi connectivity index (χ0v) is 11.2. The van der Waals surface area contributed by atoms with Gasteiger partial charge in [-0.25, -0.2) is 4.98 Å². The minimum atomic E-state index is -0.0171. The van der Waals surface area contributed by atoms with Gasteiger partial charge in [0.15, 0.2) is 11.6 Å². The van der Waals surface area contributed by atoms with E-state index in [1.165, 1.54) is 5.56 Å². The summed E-state index contributed by atoms with van der Waals surface area (Å²) in [5.41, 5.74) is 3.88. The van der Waals surface area contributed by atoms with E-state index >= 15 is 0 Å². The summed E-state index contributed by atoms with van der Waals surface area (Å²) in [4.78, 5) is 4.51. The number of rotatable bonds is 3. The van der Waals surface area contributed by atoms with Gasteiger partial charge in [-0.3, -0.25) is 5.10 Å². The van der Waals surface area contributed by atoms with Crippen molar-refractivity contribution in [3.8, 4) is 22.8 Å². The second-order valence-electron chi connectivity index (χ2n) is 4.69. The molecule has 1 aromatic heterocycles. The predicted molar refractivity (Wildman–Crippen MR) is 77.9 cm³/mol. The molecule has 3 aromatic rings. The molecule has 0 unspecified atom stereocenters. The monoisotopic (exact) mass is 265 g/mol. The van der Waals surface area contributed by atoms with Crippen molar-refractivity contribution in [3.05, 3.63) is 59.7 Å². The number of aliphatic hydroxyl groups excluding tert-OH is 1. The van der Waals surface area contributed by atoms with Crippen LogP contribution in [0.5, 0.6) is 0 Å². The van der Waals surface area contributed by atoms with Crippen LogP contribution < -0.4 is 0 Å². The molecule has 0 bridgehead atoms. The van der Waals surface area contributed by atoms with E-state index in [4.69, 9.17) is 0 Å². The van der Waals surface area contributed by atoms with Crippen molar-refractivity contribution < 1.29 is 5.11 Å². The van der Waals surface area contributed by atoms with Gasteiger partial charge in [0.25, 0.3) is 0 Å². The topological polar surface area (TPSA) is 61.8 Å². The van der Waals surface area contributed by atoms with Crippen molar-refractivity contribution in [1.82, 2.24) is 15.2 Å². The molecular weight excluding hydrogens is 250 g/mol. The molecule has 2 N–H and O–H groups in total. The Kier molecular flexibility index (Phi) is 3.31. The molecule has 0 aliphatic carbocycles. The van der Waals surface area contributed by atoms with Crippen LogP contribution in [-0.2, 0) is 6.61 Å². The third-order valence-electron chi connectivity index (χ3n) is 3.24. The first kappa shape index (κ1) is 12.6. The second kappa shape index (κ2) is 5.27. The summed E-state index contributed by atoms with van der Waals surface area (Å²) in [5, 5.41) is 16.6. The first-order chi connectivity index (χ1) is 9.78. The van der Waals surface area contributed by atoms with Crippen molar-refractivity contribution in [3.63, 3.8) is 0 Å². The quantitative estimate of drug-likeness (QED) is 0.765. The van der Waals surface area contributed by atoms with Crippen molar-refractivity contribution >= 4 is 0 Å². The molecule has 4 heteroatoms. The van der Waals surface area contributed by atoms with Crippen LogP contribution in [0.4, 0.5) is 0 Å². The zero-order valence-electron chi connectivity index (χ0n) is 11.2. The molecule has 0 spiro atoms. The van der Waals surface area contributed by atoms with Crippen molar-refractivity contribution in [1.29, 1.82) is 0 Å². The summed E-state index contributed by atoms with van der Waals surface area (Å²) >= 11 is 0. The molecular formula is C16H15N3O. The minimum Gasteiger partial charge on any atom is -0.392 e. The van der Waals surface area contributed by atoms with E-state index in [9.17, 15) is 5.11 Å². The Labute approximate surface area is 117 Å². The lowest BCUT2D eigenvalue weighted by Crippen LogP contribution is -1.90. The second-order valence-corrected chi connectivity index (χ2v) is 4.69. The Morgan fingerprint density at radius 1 is 1.05 bits per heavy atom. The van der Waals surface area contributed by atoms with E-state index in [-0.39, 0.29) is 6.61 Å². The Bertz CT molecular complexity index is 717. The van der Waals surface area contributed by atoms with Crippen LogP contribution in [0.25, 0.3) is 22.8 Å². The third-order valence-corrected chi connectivity index (χ3v) is 3.24. The van der Waals surface area contributed by atoms with E-state index in [1.54, 1.807) is 0 Å². The largest absolute Gasteiger partial charge is 0.392 e. The molecule has 20 heavy (non-hydrogen) atoms. The zero-order chi connectivity index (χ0) is 13.9. The van der Waals surface area contributed by atoms with E-state index in [2.05, 4.69) is 15.2 Å². The van der Waals surface area contributed by atoms with Crippen LogP contribution >= 0.6 is 0 Å². The van der Waals surface area contributed by atoms with E-state index in [0.29, 0.717) is 11.6 Å². The fourth-order valence-electron chi connectivity index (χ4n) is 2.10. The van der Waals surface area contributed by atoms with Gasteiger partial charge in [-0.2, -0.15) is 5.10 Å². The lowest BCUT2D eigenvalue weighted by atomic mass is 10.1. The van der Waals surface area contributed by atoms with Gasteiger partial charge in [-0.15, -0.1) is 0 Å². The SMILES string of the molecule is Cc1ccc(-c2n[nH]c(-c3ccccc3CO)n2)cc1. The van der Waals surface area contributed by atoms with Crippen LogP contribution in [0.3, 0.4) is 0 Å². The molecule has 0 aliphatic rings. The molecule has 0 amide bonds. The molecule has 0 fully saturated rings. The van der Waals surface area contributed by atoms with Gasteiger partial charge in [0.05, 0.1) is 6.61 Å². The van der Waals surface area contributed by atoms with Gasteiger partial charge in [0.2, 0.25) is 0 Å². The summed E-state index contributed by atoms with van der Waals surface area (Å²) < 4.78 is 0. The van der Waals surface area contributed by atoms with Crippen LogP contribution in [0.15, 0.2) is 48.5 Å². The highest BCUT2D eigenvalue weighted by atomic mass is 16.3. The lowest BCUT2D eigenvalue weighted by Gasteiger charge is -2.02. The number of aromatic amines is 1. The van der Waals surface area contributed by atoms with Gasteiger partial charge in [0.1, 0.15) is 0 Å². The maximum absolute atomic E-state index is 9.37. The van der Waals surface area contributed by atoms with Crippen molar-refractivity contribution in [2.24, 2.45) is 0 Å². The van der Waals surface area contributed by atoms with Gasteiger partial charge in [0, 0.05) is 11.1 Å². The first-order valence-corrected chi connectivity index (χ1v) is 6.46. The van der Waals surface area contributed by atoms with Crippen LogP contribution in [0.1, 0.15) is 11.1 Å². The number of nitrogens with zero attached hydrogens (tertiary/aromatic N) is 2.